The number of carbonyl (C=O) groups is 2. The summed E-state index contributed by atoms with van der Waals surface area (Å²) >= 11 is 3.32. The minimum atomic E-state index is -0.285. The summed E-state index contributed by atoms with van der Waals surface area (Å²) in [5.41, 5.74) is 1.44. The molecule has 0 spiro atoms. The van der Waals surface area contributed by atoms with Crippen molar-refractivity contribution in [1.29, 1.82) is 0 Å². The van der Waals surface area contributed by atoms with E-state index in [1.807, 2.05) is 24.3 Å². The van der Waals surface area contributed by atoms with Crippen molar-refractivity contribution in [2.45, 2.75) is 6.54 Å². The number of halogens is 1. The third kappa shape index (κ3) is 4.54. The largest absolute Gasteiger partial charge is 0.486 e. The van der Waals surface area contributed by atoms with Gasteiger partial charge in [-0.2, -0.15) is 0 Å². The van der Waals surface area contributed by atoms with Crippen molar-refractivity contribution in [2.24, 2.45) is 0 Å². The monoisotopic (exact) mass is 418 g/mol. The van der Waals surface area contributed by atoms with Crippen LogP contribution in [0.5, 0.6) is 11.5 Å². The van der Waals surface area contributed by atoms with E-state index < -0.39 is 0 Å². The van der Waals surface area contributed by atoms with Crippen LogP contribution >= 0.6 is 15.9 Å². The minimum Gasteiger partial charge on any atom is -0.486 e. The minimum absolute atomic E-state index is 0.0631. The fourth-order valence-corrected chi connectivity index (χ4v) is 2.97. The Morgan fingerprint density at radius 3 is 2.65 bits per heavy atom. The van der Waals surface area contributed by atoms with E-state index in [2.05, 4.69) is 21.2 Å². The van der Waals surface area contributed by atoms with Gasteiger partial charge in [-0.05, 0) is 35.9 Å². The molecule has 0 saturated carbocycles. The van der Waals surface area contributed by atoms with Crippen molar-refractivity contribution < 1.29 is 19.1 Å². The number of nitrogens with one attached hydrogen (secondary N) is 1. The predicted molar refractivity (Wildman–Crippen MR) is 100 cm³/mol. The standard InChI is InChI=1S/C19H19BrN2O4/c1-22(12-13-5-6-16-17(9-13)26-8-7-25-16)18(23)11-21-19(24)14-3-2-4-15(20)10-14/h2-6,9-10H,7-8,11-12H2,1H3,(H,21,24). The van der Waals surface area contributed by atoms with Crippen molar-refractivity contribution in [3.05, 3.63) is 58.1 Å². The zero-order valence-corrected chi connectivity index (χ0v) is 15.9. The first-order valence-electron chi connectivity index (χ1n) is 8.19. The Labute approximate surface area is 160 Å². The van der Waals surface area contributed by atoms with Crippen LogP contribution in [-0.2, 0) is 11.3 Å². The maximum absolute atomic E-state index is 12.3. The van der Waals surface area contributed by atoms with Crippen LogP contribution in [0.4, 0.5) is 0 Å². The molecular formula is C19H19BrN2O4. The average molecular weight is 419 g/mol. The normalized spacial score (nSPS) is 12.4. The number of ether oxygens (including phenoxy) is 2. The van der Waals surface area contributed by atoms with Crippen LogP contribution < -0.4 is 14.8 Å². The molecule has 1 aliphatic rings. The second-order valence-electron chi connectivity index (χ2n) is 5.92. The first-order chi connectivity index (χ1) is 12.5. The van der Waals surface area contributed by atoms with Gasteiger partial charge in [0.05, 0.1) is 6.54 Å². The maximum Gasteiger partial charge on any atom is 0.251 e. The van der Waals surface area contributed by atoms with Gasteiger partial charge >= 0.3 is 0 Å². The highest BCUT2D eigenvalue weighted by atomic mass is 79.9. The first kappa shape index (κ1) is 18.3. The summed E-state index contributed by atoms with van der Waals surface area (Å²) in [5.74, 6) is 0.948. The SMILES string of the molecule is CN(Cc1ccc2c(c1)OCCO2)C(=O)CNC(=O)c1cccc(Br)c1. The van der Waals surface area contributed by atoms with Gasteiger partial charge in [-0.25, -0.2) is 0 Å². The van der Waals surface area contributed by atoms with E-state index in [9.17, 15) is 9.59 Å². The molecule has 0 saturated heterocycles. The van der Waals surface area contributed by atoms with Crippen molar-refractivity contribution >= 4 is 27.7 Å². The van der Waals surface area contributed by atoms with Crippen molar-refractivity contribution in [2.75, 3.05) is 26.8 Å². The summed E-state index contributed by atoms with van der Waals surface area (Å²) in [5, 5.41) is 2.65. The molecule has 0 aromatic heterocycles. The highest BCUT2D eigenvalue weighted by Gasteiger charge is 2.15. The Balaban J connectivity index is 1.54. The van der Waals surface area contributed by atoms with Crippen LogP contribution in [-0.4, -0.2) is 43.5 Å². The number of rotatable bonds is 5. The number of hydrogen-bond acceptors (Lipinski definition) is 4. The van der Waals surface area contributed by atoms with E-state index in [4.69, 9.17) is 9.47 Å². The van der Waals surface area contributed by atoms with Crippen molar-refractivity contribution in [3.8, 4) is 11.5 Å². The van der Waals surface area contributed by atoms with Gasteiger partial charge in [-0.15, -0.1) is 0 Å². The average Bonchev–Trinajstić information content (AvgIpc) is 2.65. The number of likely N-dealkylation sites (N-methyl/N-ethyl adjacent to an activating group) is 1. The van der Waals surface area contributed by atoms with Crippen molar-refractivity contribution in [3.63, 3.8) is 0 Å². The van der Waals surface area contributed by atoms with Gasteiger partial charge < -0.3 is 19.7 Å². The molecule has 0 fully saturated rings. The van der Waals surface area contributed by atoms with Gasteiger partial charge in [-0.3, -0.25) is 9.59 Å². The van der Waals surface area contributed by atoms with Crippen LogP contribution in [0.15, 0.2) is 46.9 Å². The molecular weight excluding hydrogens is 400 g/mol. The molecule has 2 amide bonds. The zero-order chi connectivity index (χ0) is 18.5. The van der Waals surface area contributed by atoms with Gasteiger partial charge in [0, 0.05) is 23.6 Å². The number of amides is 2. The van der Waals surface area contributed by atoms with E-state index in [1.165, 1.54) is 0 Å². The lowest BCUT2D eigenvalue weighted by Gasteiger charge is -2.21. The lowest BCUT2D eigenvalue weighted by Crippen LogP contribution is -2.37. The lowest BCUT2D eigenvalue weighted by molar-refractivity contribution is -0.129. The Morgan fingerprint density at radius 1 is 1.12 bits per heavy atom. The van der Waals surface area contributed by atoms with Gasteiger partial charge in [-0.1, -0.05) is 28.1 Å². The van der Waals surface area contributed by atoms with Crippen LogP contribution in [0.1, 0.15) is 15.9 Å². The quantitative estimate of drug-likeness (QED) is 0.809. The number of nitrogens with zero attached hydrogens (tertiary/aromatic N) is 1. The first-order valence-corrected chi connectivity index (χ1v) is 8.98. The Kier molecular flexibility index (Phi) is 5.78. The number of carbonyl (C=O) groups excluding carboxylic acids is 2. The number of benzene rings is 2. The highest BCUT2D eigenvalue weighted by Crippen LogP contribution is 2.31. The number of hydrogen-bond donors (Lipinski definition) is 1. The molecule has 0 aliphatic carbocycles. The lowest BCUT2D eigenvalue weighted by atomic mass is 10.2. The molecule has 2 aromatic rings. The molecule has 136 valence electrons. The van der Waals surface area contributed by atoms with E-state index >= 15 is 0 Å². The van der Waals surface area contributed by atoms with Crippen LogP contribution in [0.2, 0.25) is 0 Å². The summed E-state index contributed by atoms with van der Waals surface area (Å²) in [6, 6.07) is 12.6. The second-order valence-corrected chi connectivity index (χ2v) is 6.84. The fourth-order valence-electron chi connectivity index (χ4n) is 2.57. The molecule has 2 aromatic carbocycles. The molecule has 6 nitrogen and oxygen atoms in total. The van der Waals surface area contributed by atoms with E-state index in [0.717, 1.165) is 15.8 Å². The Morgan fingerprint density at radius 2 is 1.88 bits per heavy atom. The van der Waals surface area contributed by atoms with Gasteiger partial charge in [0.1, 0.15) is 13.2 Å². The molecule has 0 unspecified atom stereocenters. The van der Waals surface area contributed by atoms with Gasteiger partial charge in [0.25, 0.3) is 5.91 Å². The zero-order valence-electron chi connectivity index (χ0n) is 14.3. The molecule has 0 bridgehead atoms. The number of fused-ring (bicyclic) bond motifs is 1. The van der Waals surface area contributed by atoms with Gasteiger partial charge in [0.15, 0.2) is 11.5 Å². The Bertz CT molecular complexity index is 825. The summed E-state index contributed by atoms with van der Waals surface area (Å²) in [6.45, 7) is 1.42. The molecule has 7 heteroatoms. The van der Waals surface area contributed by atoms with Crippen molar-refractivity contribution in [1.82, 2.24) is 10.2 Å². The molecule has 1 aliphatic heterocycles. The summed E-state index contributed by atoms with van der Waals surface area (Å²) in [6.07, 6.45) is 0. The van der Waals surface area contributed by atoms with Crippen LogP contribution in [0.25, 0.3) is 0 Å². The highest BCUT2D eigenvalue weighted by molar-refractivity contribution is 9.10. The smallest absolute Gasteiger partial charge is 0.251 e. The van der Waals surface area contributed by atoms with E-state index in [1.54, 1.807) is 30.1 Å². The molecule has 1 N–H and O–H groups in total. The predicted octanol–water partition coefficient (Wildman–Crippen LogP) is 2.61. The molecule has 3 rings (SSSR count). The Hall–Kier alpha value is -2.54. The second kappa shape index (κ2) is 8.23. The van der Waals surface area contributed by atoms with Crippen LogP contribution in [0, 0.1) is 0 Å². The topological polar surface area (TPSA) is 67.9 Å². The fraction of sp³-hybridized carbons (Fsp3) is 0.263. The molecule has 26 heavy (non-hydrogen) atoms. The third-order valence-electron chi connectivity index (χ3n) is 3.94. The van der Waals surface area contributed by atoms with Gasteiger partial charge in [0.2, 0.25) is 5.91 Å². The molecule has 1 heterocycles. The van der Waals surface area contributed by atoms with E-state index in [-0.39, 0.29) is 18.4 Å². The summed E-state index contributed by atoms with van der Waals surface area (Å²) in [4.78, 5) is 26.0. The van der Waals surface area contributed by atoms with Crippen LogP contribution in [0.3, 0.4) is 0 Å². The third-order valence-corrected chi connectivity index (χ3v) is 4.43. The summed E-state index contributed by atoms with van der Waals surface area (Å²) < 4.78 is 11.9. The summed E-state index contributed by atoms with van der Waals surface area (Å²) in [7, 11) is 1.70. The molecule has 0 radical (unpaired) electrons. The van der Waals surface area contributed by atoms with E-state index in [0.29, 0.717) is 31.1 Å². The molecule has 0 atom stereocenters. The maximum atomic E-state index is 12.3.